The molecule has 7 heteroatoms. The van der Waals surface area contributed by atoms with Crippen molar-refractivity contribution >= 4 is 17.8 Å². The van der Waals surface area contributed by atoms with Crippen LogP contribution in [-0.4, -0.2) is 39.2 Å². The SMILES string of the molecule is COC(=O)C(C)Oc1ccc(/C=C2\Oc3cc(OC)ccc3C2=O)cc1OC. The Morgan fingerprint density at radius 2 is 1.82 bits per heavy atom. The Bertz CT molecular complexity index is 946. The quantitative estimate of drug-likeness (QED) is 0.559. The maximum absolute atomic E-state index is 12.5. The summed E-state index contributed by atoms with van der Waals surface area (Å²) in [6.07, 6.45) is 0.831. The van der Waals surface area contributed by atoms with Crippen LogP contribution in [0, 0.1) is 0 Å². The van der Waals surface area contributed by atoms with Crippen molar-refractivity contribution in [2.75, 3.05) is 21.3 Å². The van der Waals surface area contributed by atoms with Gasteiger partial charge < -0.3 is 23.7 Å². The van der Waals surface area contributed by atoms with E-state index in [9.17, 15) is 9.59 Å². The summed E-state index contributed by atoms with van der Waals surface area (Å²) in [6, 6.07) is 10.1. The summed E-state index contributed by atoms with van der Waals surface area (Å²) in [4.78, 5) is 24.1. The first-order valence-corrected chi connectivity index (χ1v) is 8.51. The topological polar surface area (TPSA) is 80.3 Å². The summed E-state index contributed by atoms with van der Waals surface area (Å²) in [5.74, 6) is 1.35. The van der Waals surface area contributed by atoms with Crippen LogP contribution in [0.25, 0.3) is 6.08 Å². The van der Waals surface area contributed by atoms with Crippen molar-refractivity contribution in [2.45, 2.75) is 13.0 Å². The average Bonchev–Trinajstić information content (AvgIpc) is 3.02. The second-order valence-electron chi connectivity index (χ2n) is 6.00. The Morgan fingerprint density at radius 3 is 2.50 bits per heavy atom. The van der Waals surface area contributed by atoms with E-state index in [0.29, 0.717) is 34.1 Å². The van der Waals surface area contributed by atoms with Crippen molar-refractivity contribution in [3.05, 3.63) is 53.3 Å². The van der Waals surface area contributed by atoms with E-state index in [1.165, 1.54) is 14.2 Å². The van der Waals surface area contributed by atoms with Crippen LogP contribution in [0.3, 0.4) is 0 Å². The van der Waals surface area contributed by atoms with E-state index in [1.54, 1.807) is 56.5 Å². The zero-order valence-electron chi connectivity index (χ0n) is 16.0. The monoisotopic (exact) mass is 384 g/mol. The molecule has 1 unspecified atom stereocenters. The van der Waals surface area contributed by atoms with Gasteiger partial charge >= 0.3 is 5.97 Å². The average molecular weight is 384 g/mol. The molecular formula is C21H20O7. The molecular weight excluding hydrogens is 364 g/mol. The number of carbonyl (C=O) groups excluding carboxylic acids is 2. The molecule has 0 N–H and O–H groups in total. The normalized spacial score (nSPS) is 14.9. The van der Waals surface area contributed by atoms with Gasteiger partial charge in [-0.1, -0.05) is 6.07 Å². The Kier molecular flexibility index (Phi) is 5.54. The van der Waals surface area contributed by atoms with Gasteiger partial charge in [0.2, 0.25) is 5.78 Å². The summed E-state index contributed by atoms with van der Waals surface area (Å²) in [5.41, 5.74) is 1.16. The third kappa shape index (κ3) is 3.78. The van der Waals surface area contributed by atoms with Crippen LogP contribution in [0.4, 0.5) is 0 Å². The van der Waals surface area contributed by atoms with E-state index in [4.69, 9.17) is 18.9 Å². The molecule has 0 saturated heterocycles. The lowest BCUT2D eigenvalue weighted by atomic mass is 10.1. The molecule has 0 fully saturated rings. The van der Waals surface area contributed by atoms with Gasteiger partial charge in [0, 0.05) is 6.07 Å². The minimum atomic E-state index is -0.785. The molecule has 2 aromatic rings. The summed E-state index contributed by atoms with van der Waals surface area (Å²) >= 11 is 0. The van der Waals surface area contributed by atoms with Crippen molar-refractivity contribution in [2.24, 2.45) is 0 Å². The molecule has 3 rings (SSSR count). The molecule has 1 atom stereocenters. The second kappa shape index (κ2) is 8.04. The maximum atomic E-state index is 12.5. The summed E-state index contributed by atoms with van der Waals surface area (Å²) in [6.45, 7) is 1.58. The van der Waals surface area contributed by atoms with Gasteiger partial charge in [0.1, 0.15) is 11.5 Å². The first-order valence-electron chi connectivity index (χ1n) is 8.51. The zero-order chi connectivity index (χ0) is 20.3. The molecule has 1 heterocycles. The van der Waals surface area contributed by atoms with E-state index in [1.807, 2.05) is 0 Å². The number of carbonyl (C=O) groups is 2. The molecule has 0 amide bonds. The van der Waals surface area contributed by atoms with Gasteiger partial charge in [0.25, 0.3) is 0 Å². The number of rotatable bonds is 6. The largest absolute Gasteiger partial charge is 0.497 e. The lowest BCUT2D eigenvalue weighted by Gasteiger charge is -2.15. The molecule has 7 nitrogen and oxygen atoms in total. The third-order valence-corrected chi connectivity index (χ3v) is 4.20. The number of benzene rings is 2. The van der Waals surface area contributed by atoms with Crippen molar-refractivity contribution in [1.82, 2.24) is 0 Å². The lowest BCUT2D eigenvalue weighted by molar-refractivity contribution is -0.147. The number of allylic oxidation sites excluding steroid dienone is 1. The van der Waals surface area contributed by atoms with E-state index in [2.05, 4.69) is 4.74 Å². The van der Waals surface area contributed by atoms with Gasteiger partial charge in [-0.2, -0.15) is 0 Å². The van der Waals surface area contributed by atoms with E-state index in [0.717, 1.165) is 0 Å². The number of esters is 1. The molecule has 0 saturated carbocycles. The van der Waals surface area contributed by atoms with E-state index < -0.39 is 12.1 Å². The molecule has 146 valence electrons. The predicted molar refractivity (Wildman–Crippen MR) is 101 cm³/mol. The molecule has 0 aliphatic carbocycles. The van der Waals surface area contributed by atoms with Crippen LogP contribution in [-0.2, 0) is 9.53 Å². The van der Waals surface area contributed by atoms with Crippen molar-refractivity contribution in [1.29, 1.82) is 0 Å². The molecule has 1 aliphatic rings. The highest BCUT2D eigenvalue weighted by Crippen LogP contribution is 2.36. The Balaban J connectivity index is 1.85. The maximum Gasteiger partial charge on any atom is 0.346 e. The smallest absolute Gasteiger partial charge is 0.346 e. The number of Topliss-reactive ketones (excluding diaryl/α,β-unsaturated/α-hetero) is 1. The number of ether oxygens (including phenoxy) is 5. The fraction of sp³-hybridized carbons (Fsp3) is 0.238. The van der Waals surface area contributed by atoms with Gasteiger partial charge in [-0.25, -0.2) is 4.79 Å². The number of fused-ring (bicyclic) bond motifs is 1. The van der Waals surface area contributed by atoms with Crippen LogP contribution in [0.15, 0.2) is 42.2 Å². The zero-order valence-corrected chi connectivity index (χ0v) is 16.0. The van der Waals surface area contributed by atoms with Gasteiger partial charge in [-0.3, -0.25) is 4.79 Å². The molecule has 1 aliphatic heterocycles. The molecule has 0 bridgehead atoms. The van der Waals surface area contributed by atoms with Crippen LogP contribution in [0.2, 0.25) is 0 Å². The molecule has 0 aromatic heterocycles. The molecule has 0 spiro atoms. The fourth-order valence-electron chi connectivity index (χ4n) is 2.72. The highest BCUT2D eigenvalue weighted by Gasteiger charge is 2.28. The first kappa shape index (κ1) is 19.3. The van der Waals surface area contributed by atoms with Crippen molar-refractivity contribution in [3.63, 3.8) is 0 Å². The molecule has 28 heavy (non-hydrogen) atoms. The molecule has 2 aromatic carbocycles. The second-order valence-corrected chi connectivity index (χ2v) is 6.00. The number of ketones is 1. The highest BCUT2D eigenvalue weighted by atomic mass is 16.6. The van der Waals surface area contributed by atoms with E-state index in [-0.39, 0.29) is 11.5 Å². The van der Waals surface area contributed by atoms with Gasteiger partial charge in [0.05, 0.1) is 26.9 Å². The summed E-state index contributed by atoms with van der Waals surface area (Å²) in [7, 11) is 4.33. The van der Waals surface area contributed by atoms with Gasteiger partial charge in [-0.15, -0.1) is 0 Å². The summed E-state index contributed by atoms with van der Waals surface area (Å²) in [5, 5.41) is 0. The van der Waals surface area contributed by atoms with E-state index >= 15 is 0 Å². The summed E-state index contributed by atoms with van der Waals surface area (Å²) < 4.78 is 26.4. The Hall–Kier alpha value is -3.48. The van der Waals surface area contributed by atoms with Crippen LogP contribution < -0.4 is 18.9 Å². The van der Waals surface area contributed by atoms with Crippen molar-refractivity contribution in [3.8, 4) is 23.0 Å². The van der Waals surface area contributed by atoms with Gasteiger partial charge in [-0.05, 0) is 42.8 Å². The minimum Gasteiger partial charge on any atom is -0.497 e. The first-order chi connectivity index (χ1) is 13.5. The Labute approximate surface area is 162 Å². The Morgan fingerprint density at radius 1 is 1.04 bits per heavy atom. The standard InChI is InChI=1S/C21H20O7/c1-12(21(23)26-4)27-16-8-5-13(9-18(16)25-3)10-19-20(22)15-7-6-14(24-2)11-17(15)28-19/h5-12H,1-4H3/b19-10-. The minimum absolute atomic E-state index is 0.196. The van der Waals surface area contributed by atoms with Crippen LogP contribution in [0.5, 0.6) is 23.0 Å². The third-order valence-electron chi connectivity index (χ3n) is 4.20. The number of hydrogen-bond acceptors (Lipinski definition) is 7. The van der Waals surface area contributed by atoms with Crippen molar-refractivity contribution < 1.29 is 33.3 Å². The molecule has 0 radical (unpaired) electrons. The number of hydrogen-bond donors (Lipinski definition) is 0. The predicted octanol–water partition coefficient (Wildman–Crippen LogP) is 3.26. The number of methoxy groups -OCH3 is 3. The van der Waals surface area contributed by atoms with Gasteiger partial charge in [0.15, 0.2) is 23.4 Å². The fourth-order valence-corrected chi connectivity index (χ4v) is 2.72. The van der Waals surface area contributed by atoms with Crippen LogP contribution >= 0.6 is 0 Å². The lowest BCUT2D eigenvalue weighted by Crippen LogP contribution is -2.25. The van der Waals surface area contributed by atoms with Crippen LogP contribution in [0.1, 0.15) is 22.8 Å². The highest BCUT2D eigenvalue weighted by molar-refractivity contribution is 6.14.